The number of carbonyl (C=O) groups is 4. The molecule has 1 unspecified atom stereocenters. The smallest absolute Gasteiger partial charge is 0.343 e. The van der Waals surface area contributed by atoms with Gasteiger partial charge in [-0.2, -0.15) is 10.2 Å². The summed E-state index contributed by atoms with van der Waals surface area (Å²) in [5.41, 5.74) is 2.36. The third kappa shape index (κ3) is 24.6. The summed E-state index contributed by atoms with van der Waals surface area (Å²) in [5.74, 6) is 0.472. The summed E-state index contributed by atoms with van der Waals surface area (Å²) in [6.07, 6.45) is 20.3. The summed E-state index contributed by atoms with van der Waals surface area (Å²) < 4.78 is 44.2. The van der Waals surface area contributed by atoms with Gasteiger partial charge < -0.3 is 37.9 Å². The number of unbranched alkanes of at least 4 members (excludes halogenated alkanes) is 12. The van der Waals surface area contributed by atoms with Crippen LogP contribution in [0, 0.1) is 10.8 Å². The number of esters is 4. The van der Waals surface area contributed by atoms with Crippen molar-refractivity contribution >= 4 is 41.3 Å². The van der Waals surface area contributed by atoms with E-state index in [2.05, 4.69) is 29.3 Å². The van der Waals surface area contributed by atoms with Gasteiger partial charge in [0.1, 0.15) is 18.1 Å². The summed E-state index contributed by atoms with van der Waals surface area (Å²) in [6.45, 7) is 12.1. The Labute approximate surface area is 458 Å². The van der Waals surface area contributed by atoms with Gasteiger partial charge in [0, 0.05) is 13.2 Å². The van der Waals surface area contributed by atoms with Gasteiger partial charge in [-0.25, -0.2) is 9.59 Å². The van der Waals surface area contributed by atoms with Crippen molar-refractivity contribution in [2.75, 3.05) is 53.9 Å². The maximum atomic E-state index is 13.3. The van der Waals surface area contributed by atoms with Crippen LogP contribution in [0.25, 0.3) is 6.08 Å². The molecule has 0 aromatic heterocycles. The summed E-state index contributed by atoms with van der Waals surface area (Å²) >= 11 is 0. The Balaban J connectivity index is 0.986. The van der Waals surface area contributed by atoms with Crippen LogP contribution in [0.5, 0.6) is 23.0 Å². The molecule has 0 N–H and O–H groups in total. The maximum absolute atomic E-state index is 13.3. The van der Waals surface area contributed by atoms with E-state index >= 15 is 0 Å². The Morgan fingerprint density at radius 1 is 0.532 bits per heavy atom. The average molecular weight is 1060 g/mol. The van der Waals surface area contributed by atoms with Crippen molar-refractivity contribution in [2.24, 2.45) is 21.1 Å². The highest BCUT2D eigenvalue weighted by molar-refractivity contribution is 5.91. The first kappa shape index (κ1) is 63.0. The van der Waals surface area contributed by atoms with Crippen LogP contribution in [0.3, 0.4) is 0 Å². The topological polar surface area (TPSA) is 167 Å². The van der Waals surface area contributed by atoms with E-state index in [0.29, 0.717) is 68.5 Å². The number of aryl methyl sites for hydroxylation is 1. The standard InChI is InChI=1S/C63H86N2O12/c1-8-10-19-24-49-25-31-52(32-26-49)64-65-53-33-37-55(38-34-53)73-42-21-17-18-23-44-76-61(69)63(5,9-2)48-62(3,4)60(68)75-43-22-16-14-12-11-13-15-20-41-72-54-35-29-51(30-36-54)59(67)77-56-39-27-50(47-57(56)71-7)28-40-58(66)74-46-45-70-6/h25-40,47H,8-24,41-46,48H2,1-7H3/b40-28+,65-64?. The number of ether oxygens (including phenoxy) is 8. The normalized spacial score (nSPS) is 12.3. The second-order valence-corrected chi connectivity index (χ2v) is 20.3. The minimum Gasteiger partial charge on any atom is -0.494 e. The van der Waals surface area contributed by atoms with Crippen molar-refractivity contribution < 1.29 is 57.1 Å². The SMILES string of the molecule is CCCCCc1ccc(N=Nc2ccc(OCCCCCCOC(=O)C(C)(CC)CC(C)(C)C(=O)OCCCCCCCCCCOc3ccc(C(=O)Oc4ccc(/C=C/C(=O)OCCOC)cc4OC)cc3)cc2)cc1. The molecule has 0 fully saturated rings. The fourth-order valence-electron chi connectivity index (χ4n) is 8.48. The first-order chi connectivity index (χ1) is 37.3. The van der Waals surface area contributed by atoms with Crippen LogP contribution in [0.2, 0.25) is 0 Å². The lowest BCUT2D eigenvalue weighted by Gasteiger charge is -2.33. The van der Waals surface area contributed by atoms with E-state index < -0.39 is 22.8 Å². The molecule has 0 radical (unpaired) electrons. The Kier molecular flexibility index (Phi) is 29.2. The van der Waals surface area contributed by atoms with Gasteiger partial charge in [0.2, 0.25) is 0 Å². The highest BCUT2D eigenvalue weighted by Gasteiger charge is 2.43. The lowest BCUT2D eigenvalue weighted by atomic mass is 9.72. The Bertz CT molecular complexity index is 2400. The van der Waals surface area contributed by atoms with Gasteiger partial charge in [0.25, 0.3) is 0 Å². The number of benzene rings is 4. The maximum Gasteiger partial charge on any atom is 0.343 e. The molecule has 0 bridgehead atoms. The van der Waals surface area contributed by atoms with Crippen molar-refractivity contribution in [1.29, 1.82) is 0 Å². The first-order valence-corrected chi connectivity index (χ1v) is 27.8. The van der Waals surface area contributed by atoms with Crippen LogP contribution in [0.4, 0.5) is 11.4 Å². The molecule has 77 heavy (non-hydrogen) atoms. The lowest BCUT2D eigenvalue weighted by molar-refractivity contribution is -0.163. The van der Waals surface area contributed by atoms with Crippen molar-refractivity contribution in [3.05, 3.63) is 114 Å². The van der Waals surface area contributed by atoms with Gasteiger partial charge in [-0.05, 0) is 175 Å². The van der Waals surface area contributed by atoms with Crippen molar-refractivity contribution in [3.8, 4) is 23.0 Å². The molecule has 14 heteroatoms. The second-order valence-electron chi connectivity index (χ2n) is 20.3. The van der Waals surface area contributed by atoms with Crippen LogP contribution < -0.4 is 18.9 Å². The van der Waals surface area contributed by atoms with Crippen molar-refractivity contribution in [1.82, 2.24) is 0 Å². The number of methoxy groups -OCH3 is 2. The zero-order valence-electron chi connectivity index (χ0n) is 47.1. The molecule has 0 aliphatic rings. The fraction of sp³-hybridized carbons (Fsp3) is 0.524. The molecule has 420 valence electrons. The molecule has 4 rings (SSSR count). The van der Waals surface area contributed by atoms with E-state index in [4.69, 9.17) is 37.9 Å². The molecule has 0 amide bonds. The summed E-state index contributed by atoms with van der Waals surface area (Å²) in [7, 11) is 3.00. The molecule has 0 spiro atoms. The molecule has 4 aromatic carbocycles. The van der Waals surface area contributed by atoms with Gasteiger partial charge in [-0.1, -0.05) is 83.4 Å². The van der Waals surface area contributed by atoms with Gasteiger partial charge >= 0.3 is 23.9 Å². The average Bonchev–Trinajstić information content (AvgIpc) is 3.44. The molecule has 0 saturated carbocycles. The molecule has 0 aliphatic heterocycles. The third-order valence-corrected chi connectivity index (χ3v) is 13.3. The molecular weight excluding hydrogens is 977 g/mol. The zero-order chi connectivity index (χ0) is 55.6. The highest BCUT2D eigenvalue weighted by Crippen LogP contribution is 2.39. The fourth-order valence-corrected chi connectivity index (χ4v) is 8.48. The minimum atomic E-state index is -0.829. The number of hydrogen-bond donors (Lipinski definition) is 0. The van der Waals surface area contributed by atoms with Gasteiger partial charge in [0.05, 0.1) is 67.9 Å². The summed E-state index contributed by atoms with van der Waals surface area (Å²) in [5, 5.41) is 8.74. The molecule has 1 atom stereocenters. The third-order valence-electron chi connectivity index (χ3n) is 13.3. The van der Waals surface area contributed by atoms with Gasteiger partial charge in [-0.3, -0.25) is 9.59 Å². The first-order valence-electron chi connectivity index (χ1n) is 27.8. The molecular formula is C63H86N2O12. The molecule has 0 aliphatic carbocycles. The monoisotopic (exact) mass is 1060 g/mol. The van der Waals surface area contributed by atoms with E-state index in [1.54, 1.807) is 48.5 Å². The van der Waals surface area contributed by atoms with Crippen LogP contribution >= 0.6 is 0 Å². The molecule has 4 aromatic rings. The number of rotatable bonds is 39. The minimum absolute atomic E-state index is 0.162. The van der Waals surface area contributed by atoms with E-state index in [-0.39, 0.29) is 24.3 Å². The number of nitrogens with zero attached hydrogens (tertiary/aromatic N) is 2. The van der Waals surface area contributed by atoms with E-state index in [1.165, 1.54) is 45.1 Å². The quantitative estimate of drug-likeness (QED) is 0.0104. The highest BCUT2D eigenvalue weighted by atomic mass is 16.6. The number of hydrogen-bond acceptors (Lipinski definition) is 14. The summed E-state index contributed by atoms with van der Waals surface area (Å²) in [4.78, 5) is 51.2. The predicted octanol–water partition coefficient (Wildman–Crippen LogP) is 15.3. The van der Waals surface area contributed by atoms with Gasteiger partial charge in [-0.15, -0.1) is 0 Å². The van der Waals surface area contributed by atoms with Crippen molar-refractivity contribution in [3.63, 3.8) is 0 Å². The second kappa shape index (κ2) is 35.7. The zero-order valence-corrected chi connectivity index (χ0v) is 47.1. The van der Waals surface area contributed by atoms with Crippen molar-refractivity contribution in [2.45, 2.75) is 150 Å². The molecule has 0 saturated heterocycles. The van der Waals surface area contributed by atoms with Crippen LogP contribution in [0.1, 0.15) is 165 Å². The van der Waals surface area contributed by atoms with Crippen LogP contribution in [-0.4, -0.2) is 77.7 Å². The molecule has 14 nitrogen and oxygen atoms in total. The van der Waals surface area contributed by atoms with E-state index in [9.17, 15) is 19.2 Å². The summed E-state index contributed by atoms with van der Waals surface area (Å²) in [6, 6.07) is 27.7. The van der Waals surface area contributed by atoms with E-state index in [0.717, 1.165) is 101 Å². The molecule has 0 heterocycles. The largest absolute Gasteiger partial charge is 0.494 e. The van der Waals surface area contributed by atoms with Crippen LogP contribution in [0.15, 0.2) is 107 Å². The predicted molar refractivity (Wildman–Crippen MR) is 302 cm³/mol. The lowest BCUT2D eigenvalue weighted by Crippen LogP contribution is -2.38. The number of azo groups is 1. The van der Waals surface area contributed by atoms with Crippen LogP contribution in [-0.2, 0) is 39.8 Å². The Morgan fingerprint density at radius 3 is 1.61 bits per heavy atom. The Morgan fingerprint density at radius 2 is 1.06 bits per heavy atom. The number of carbonyl (C=O) groups excluding carboxylic acids is 4. The Hall–Kier alpha value is -6.54. The van der Waals surface area contributed by atoms with Gasteiger partial charge in [0.15, 0.2) is 11.5 Å². The van der Waals surface area contributed by atoms with E-state index in [1.807, 2.05) is 64.1 Å².